The second-order valence-corrected chi connectivity index (χ2v) is 8.98. The van der Waals surface area contributed by atoms with Gasteiger partial charge >= 0.3 is 0 Å². The average molecular weight is 482 g/mol. The molecule has 0 radical (unpaired) electrons. The Bertz CT molecular complexity index is 1210. The molecule has 3 aromatic rings. The van der Waals surface area contributed by atoms with Gasteiger partial charge in [0.1, 0.15) is 11.5 Å². The molecule has 0 atom stereocenters. The lowest BCUT2D eigenvalue weighted by Crippen LogP contribution is -2.37. The van der Waals surface area contributed by atoms with Crippen molar-refractivity contribution in [2.45, 2.75) is 25.3 Å². The van der Waals surface area contributed by atoms with Crippen LogP contribution in [0.2, 0.25) is 5.02 Å². The van der Waals surface area contributed by atoms with E-state index in [1.165, 1.54) is 23.5 Å². The number of hydrogen-bond donors (Lipinski definition) is 1. The molecule has 1 aromatic heterocycles. The summed E-state index contributed by atoms with van der Waals surface area (Å²) in [5.74, 6) is 4.88. The maximum Gasteiger partial charge on any atom is 0.298 e. The highest BCUT2D eigenvalue weighted by Crippen LogP contribution is 2.30. The van der Waals surface area contributed by atoms with Crippen LogP contribution in [0.25, 0.3) is 0 Å². The van der Waals surface area contributed by atoms with E-state index in [9.17, 15) is 14.0 Å². The number of amides is 2. The minimum absolute atomic E-state index is 0.0218. The third-order valence-corrected chi connectivity index (χ3v) is 6.71. The van der Waals surface area contributed by atoms with Crippen molar-refractivity contribution in [2.75, 3.05) is 13.1 Å². The molecule has 1 saturated heterocycles. The molecule has 1 aliphatic heterocycles. The minimum Gasteiger partial charge on any atom is -0.347 e. The Morgan fingerprint density at radius 1 is 1.18 bits per heavy atom. The van der Waals surface area contributed by atoms with Crippen LogP contribution in [-0.2, 0) is 11.3 Å². The van der Waals surface area contributed by atoms with Gasteiger partial charge in [0.2, 0.25) is 0 Å². The highest BCUT2D eigenvalue weighted by molar-refractivity contribution is 7.09. The van der Waals surface area contributed by atoms with E-state index in [0.717, 1.165) is 23.4 Å². The van der Waals surface area contributed by atoms with Crippen LogP contribution in [-0.4, -0.2) is 34.8 Å². The molecule has 2 heterocycles. The van der Waals surface area contributed by atoms with Crippen LogP contribution in [0.4, 0.5) is 4.39 Å². The molecule has 33 heavy (non-hydrogen) atoms. The van der Waals surface area contributed by atoms with Gasteiger partial charge in [-0.3, -0.25) is 9.59 Å². The number of rotatable bonds is 4. The van der Waals surface area contributed by atoms with E-state index in [-0.39, 0.29) is 29.3 Å². The van der Waals surface area contributed by atoms with Crippen LogP contribution in [0.15, 0.2) is 53.9 Å². The van der Waals surface area contributed by atoms with Crippen molar-refractivity contribution in [2.24, 2.45) is 0 Å². The molecule has 0 unspecified atom stereocenters. The van der Waals surface area contributed by atoms with Gasteiger partial charge in [-0.25, -0.2) is 9.37 Å². The molecule has 0 spiro atoms. The van der Waals surface area contributed by atoms with Crippen molar-refractivity contribution in [3.63, 3.8) is 0 Å². The van der Waals surface area contributed by atoms with Gasteiger partial charge in [0.15, 0.2) is 0 Å². The molecule has 1 fully saturated rings. The number of piperidine rings is 1. The Labute approximate surface area is 200 Å². The minimum atomic E-state index is -0.494. The molecule has 8 heteroatoms. The maximum atomic E-state index is 13.3. The van der Waals surface area contributed by atoms with Gasteiger partial charge in [-0.1, -0.05) is 41.8 Å². The van der Waals surface area contributed by atoms with Crippen LogP contribution in [0.5, 0.6) is 0 Å². The zero-order valence-corrected chi connectivity index (χ0v) is 19.3. The summed E-state index contributed by atoms with van der Waals surface area (Å²) >= 11 is 7.23. The van der Waals surface area contributed by atoms with E-state index in [2.05, 4.69) is 22.1 Å². The number of nitrogens with zero attached hydrogens (tertiary/aromatic N) is 2. The molecule has 0 aliphatic carbocycles. The fourth-order valence-corrected chi connectivity index (χ4v) is 4.73. The van der Waals surface area contributed by atoms with Crippen molar-refractivity contribution in [3.8, 4) is 11.8 Å². The number of likely N-dealkylation sites (tertiary alicyclic amines) is 1. The summed E-state index contributed by atoms with van der Waals surface area (Å²) in [5, 5.41) is 5.44. The normalized spacial score (nSPS) is 13.8. The van der Waals surface area contributed by atoms with Crippen LogP contribution in [0, 0.1) is 17.7 Å². The van der Waals surface area contributed by atoms with Gasteiger partial charge in [-0.2, -0.15) is 0 Å². The summed E-state index contributed by atoms with van der Waals surface area (Å²) in [5.41, 5.74) is 1.88. The lowest BCUT2D eigenvalue weighted by Gasteiger charge is -2.29. The van der Waals surface area contributed by atoms with Crippen molar-refractivity contribution in [1.82, 2.24) is 15.2 Å². The smallest absolute Gasteiger partial charge is 0.298 e. The third-order valence-electron chi connectivity index (χ3n) is 5.41. The standard InChI is InChI=1S/C25H21ClFN3O2S/c26-20-14-18(6-8-21(20)27)15-28-24(32)22-16-33-25(29-22)19-10-12-30(13-11-19)23(31)9-7-17-4-2-1-3-5-17/h1-6,8,14,16,19H,10-13,15H2,(H,28,32). The van der Waals surface area contributed by atoms with Crippen LogP contribution < -0.4 is 5.32 Å². The number of halogens is 2. The Morgan fingerprint density at radius 3 is 2.67 bits per heavy atom. The molecule has 0 bridgehead atoms. The first-order chi connectivity index (χ1) is 16.0. The molecule has 1 N–H and O–H groups in total. The second-order valence-electron chi connectivity index (χ2n) is 7.68. The Hall–Kier alpha value is -3.21. The fraction of sp³-hybridized carbons (Fsp3) is 0.240. The summed E-state index contributed by atoms with van der Waals surface area (Å²) < 4.78 is 13.3. The Balaban J connectivity index is 1.28. The van der Waals surface area contributed by atoms with Gasteiger partial charge in [0.25, 0.3) is 11.8 Å². The Kier molecular flexibility index (Phi) is 7.38. The van der Waals surface area contributed by atoms with E-state index < -0.39 is 5.82 Å². The first-order valence-corrected chi connectivity index (χ1v) is 11.8. The quantitative estimate of drug-likeness (QED) is 0.553. The molecule has 4 rings (SSSR count). The molecular formula is C25H21ClFN3O2S. The van der Waals surface area contributed by atoms with Crippen molar-refractivity contribution < 1.29 is 14.0 Å². The summed E-state index contributed by atoms with van der Waals surface area (Å²) in [6.07, 6.45) is 1.56. The van der Waals surface area contributed by atoms with Crippen LogP contribution in [0.3, 0.4) is 0 Å². The third kappa shape index (κ3) is 5.98. The van der Waals surface area contributed by atoms with E-state index in [1.807, 2.05) is 30.3 Å². The van der Waals surface area contributed by atoms with Crippen molar-refractivity contribution >= 4 is 34.8 Å². The number of hydrogen-bond acceptors (Lipinski definition) is 4. The highest BCUT2D eigenvalue weighted by atomic mass is 35.5. The summed E-state index contributed by atoms with van der Waals surface area (Å²) in [7, 11) is 0. The lowest BCUT2D eigenvalue weighted by molar-refractivity contribution is -0.126. The van der Waals surface area contributed by atoms with Crippen LogP contribution >= 0.6 is 22.9 Å². The first-order valence-electron chi connectivity index (χ1n) is 10.5. The van der Waals surface area contributed by atoms with Crippen molar-refractivity contribution in [1.29, 1.82) is 0 Å². The van der Waals surface area contributed by atoms with E-state index >= 15 is 0 Å². The predicted octanol–water partition coefficient (Wildman–Crippen LogP) is 4.62. The van der Waals surface area contributed by atoms with Crippen molar-refractivity contribution in [3.05, 3.63) is 86.6 Å². The average Bonchev–Trinajstić information content (AvgIpc) is 3.34. The van der Waals surface area contributed by atoms with Gasteiger partial charge in [0.05, 0.1) is 10.0 Å². The molecule has 1 aliphatic rings. The summed E-state index contributed by atoms with van der Waals surface area (Å²) in [6, 6.07) is 13.8. The zero-order chi connectivity index (χ0) is 23.2. The van der Waals surface area contributed by atoms with Gasteiger partial charge < -0.3 is 10.2 Å². The Morgan fingerprint density at radius 2 is 1.94 bits per heavy atom. The molecule has 5 nitrogen and oxygen atoms in total. The number of benzene rings is 2. The maximum absolute atomic E-state index is 13.3. The SMILES string of the molecule is O=C(NCc1ccc(F)c(Cl)c1)c1csc(C2CCN(C(=O)C#Cc3ccccc3)CC2)n1. The lowest BCUT2D eigenvalue weighted by atomic mass is 9.97. The van der Waals surface area contributed by atoms with E-state index in [4.69, 9.17) is 11.6 Å². The number of carbonyl (C=O) groups is 2. The van der Waals surface area contributed by atoms with Gasteiger partial charge in [-0.05, 0) is 42.7 Å². The highest BCUT2D eigenvalue weighted by Gasteiger charge is 2.25. The fourth-order valence-electron chi connectivity index (χ4n) is 3.56. The topological polar surface area (TPSA) is 62.3 Å². The molecule has 0 saturated carbocycles. The molecule has 2 amide bonds. The zero-order valence-electron chi connectivity index (χ0n) is 17.7. The second kappa shape index (κ2) is 10.6. The van der Waals surface area contributed by atoms with Gasteiger partial charge in [-0.15, -0.1) is 11.3 Å². The number of aromatic nitrogens is 1. The number of thiazole rings is 1. The van der Waals surface area contributed by atoms with Gasteiger partial charge in [0, 0.05) is 42.4 Å². The van der Waals surface area contributed by atoms with Crippen LogP contribution in [0.1, 0.15) is 45.4 Å². The summed E-state index contributed by atoms with van der Waals surface area (Å²) in [4.78, 5) is 31.1. The number of carbonyl (C=O) groups excluding carboxylic acids is 2. The van der Waals surface area contributed by atoms with E-state index in [0.29, 0.717) is 24.3 Å². The molecule has 2 aromatic carbocycles. The largest absolute Gasteiger partial charge is 0.347 e. The monoisotopic (exact) mass is 481 g/mol. The first kappa shape index (κ1) is 23.0. The molecule has 168 valence electrons. The summed E-state index contributed by atoms with van der Waals surface area (Å²) in [6.45, 7) is 1.45. The molecular weight excluding hydrogens is 461 g/mol. The predicted molar refractivity (Wildman–Crippen MR) is 127 cm³/mol. The van der Waals surface area contributed by atoms with E-state index in [1.54, 1.807) is 16.3 Å². The number of nitrogens with one attached hydrogen (secondary N) is 1.